The van der Waals surface area contributed by atoms with Crippen LogP contribution in [0.4, 0.5) is 16.2 Å². The molecule has 1 aromatic rings. The highest BCUT2D eigenvalue weighted by Gasteiger charge is 2.22. The van der Waals surface area contributed by atoms with Gasteiger partial charge in [-0.2, -0.15) is 0 Å². The molecule has 1 atom stereocenters. The van der Waals surface area contributed by atoms with Crippen molar-refractivity contribution in [2.24, 2.45) is 0 Å². The van der Waals surface area contributed by atoms with E-state index in [0.717, 1.165) is 0 Å². The molecule has 2 rings (SSSR count). The van der Waals surface area contributed by atoms with Crippen LogP contribution in [0.25, 0.3) is 0 Å². The normalized spacial score (nSPS) is 18.3. The molecule has 0 aromatic heterocycles. The zero-order chi connectivity index (χ0) is 15.2. The fourth-order valence-electron chi connectivity index (χ4n) is 2.36. The SMILES string of the molecule is O=C(O)N1CCN[C@H](CCNc2ccccc2[N+](=O)[O-])C1. The van der Waals surface area contributed by atoms with E-state index in [1.165, 1.54) is 11.0 Å². The molecule has 0 radical (unpaired) electrons. The Morgan fingerprint density at radius 1 is 1.52 bits per heavy atom. The Labute approximate surface area is 121 Å². The lowest BCUT2D eigenvalue weighted by Crippen LogP contribution is -2.52. The van der Waals surface area contributed by atoms with E-state index < -0.39 is 11.0 Å². The van der Waals surface area contributed by atoms with Gasteiger partial charge in [0.15, 0.2) is 0 Å². The molecule has 1 aromatic carbocycles. The molecule has 114 valence electrons. The molecule has 1 aliphatic rings. The summed E-state index contributed by atoms with van der Waals surface area (Å²) in [5.41, 5.74) is 0.523. The van der Waals surface area contributed by atoms with E-state index in [9.17, 15) is 14.9 Å². The molecule has 0 bridgehead atoms. The molecule has 3 N–H and O–H groups in total. The Hall–Kier alpha value is -2.35. The topological polar surface area (TPSA) is 108 Å². The van der Waals surface area contributed by atoms with Crippen LogP contribution in [0.5, 0.6) is 0 Å². The van der Waals surface area contributed by atoms with Crippen molar-refractivity contribution in [2.45, 2.75) is 12.5 Å². The first-order valence-electron chi connectivity index (χ1n) is 6.76. The number of anilines is 1. The van der Waals surface area contributed by atoms with Crippen LogP contribution >= 0.6 is 0 Å². The number of nitrogens with zero attached hydrogens (tertiary/aromatic N) is 2. The molecule has 0 aliphatic carbocycles. The van der Waals surface area contributed by atoms with Gasteiger partial charge >= 0.3 is 6.09 Å². The van der Waals surface area contributed by atoms with Crippen molar-refractivity contribution < 1.29 is 14.8 Å². The van der Waals surface area contributed by atoms with Crippen LogP contribution in [0.2, 0.25) is 0 Å². The van der Waals surface area contributed by atoms with Gasteiger partial charge in [0.05, 0.1) is 4.92 Å². The van der Waals surface area contributed by atoms with Crippen LogP contribution in [-0.2, 0) is 0 Å². The zero-order valence-electron chi connectivity index (χ0n) is 11.5. The van der Waals surface area contributed by atoms with Crippen LogP contribution in [0.3, 0.4) is 0 Å². The average Bonchev–Trinajstić information content (AvgIpc) is 2.48. The number of para-hydroxylation sites is 2. The third kappa shape index (κ3) is 4.06. The third-order valence-corrected chi connectivity index (χ3v) is 3.44. The van der Waals surface area contributed by atoms with Crippen molar-refractivity contribution in [3.63, 3.8) is 0 Å². The number of hydrogen-bond acceptors (Lipinski definition) is 5. The van der Waals surface area contributed by atoms with Gasteiger partial charge in [-0.05, 0) is 12.5 Å². The number of nitro groups is 1. The largest absolute Gasteiger partial charge is 0.465 e. The fraction of sp³-hybridized carbons (Fsp3) is 0.462. The zero-order valence-corrected chi connectivity index (χ0v) is 11.5. The van der Waals surface area contributed by atoms with E-state index in [1.807, 2.05) is 0 Å². The first-order valence-corrected chi connectivity index (χ1v) is 6.76. The van der Waals surface area contributed by atoms with Crippen molar-refractivity contribution >= 4 is 17.5 Å². The Bertz CT molecular complexity index is 523. The molecular formula is C13H18N4O4. The lowest BCUT2D eigenvalue weighted by Gasteiger charge is -2.31. The second kappa shape index (κ2) is 6.89. The fourth-order valence-corrected chi connectivity index (χ4v) is 2.36. The molecule has 1 fully saturated rings. The Kier molecular flexibility index (Phi) is 4.94. The number of rotatable bonds is 5. The molecule has 1 amide bonds. The second-order valence-corrected chi connectivity index (χ2v) is 4.87. The Balaban J connectivity index is 1.84. The molecular weight excluding hydrogens is 276 g/mol. The second-order valence-electron chi connectivity index (χ2n) is 4.87. The number of nitro benzene ring substituents is 1. The summed E-state index contributed by atoms with van der Waals surface area (Å²) in [4.78, 5) is 22.8. The highest BCUT2D eigenvalue weighted by molar-refractivity contribution is 5.65. The smallest absolute Gasteiger partial charge is 0.407 e. The van der Waals surface area contributed by atoms with E-state index in [0.29, 0.717) is 38.3 Å². The molecule has 8 nitrogen and oxygen atoms in total. The number of benzene rings is 1. The number of hydrogen-bond donors (Lipinski definition) is 3. The van der Waals surface area contributed by atoms with Crippen molar-refractivity contribution in [1.29, 1.82) is 0 Å². The number of carbonyl (C=O) groups is 1. The summed E-state index contributed by atoms with van der Waals surface area (Å²) in [6.07, 6.45) is -0.219. The number of amides is 1. The highest BCUT2D eigenvalue weighted by atomic mass is 16.6. The summed E-state index contributed by atoms with van der Waals surface area (Å²) in [6.45, 7) is 2.09. The number of carboxylic acid groups (broad SMARTS) is 1. The minimum Gasteiger partial charge on any atom is -0.465 e. The van der Waals surface area contributed by atoms with Gasteiger partial charge in [0.2, 0.25) is 0 Å². The predicted octanol–water partition coefficient (Wildman–Crippen LogP) is 1.35. The molecule has 1 aliphatic heterocycles. The van der Waals surface area contributed by atoms with Crippen LogP contribution in [0, 0.1) is 10.1 Å². The minimum atomic E-state index is -0.909. The van der Waals surface area contributed by atoms with E-state index >= 15 is 0 Å². The number of nitrogens with one attached hydrogen (secondary N) is 2. The average molecular weight is 294 g/mol. The summed E-state index contributed by atoms with van der Waals surface area (Å²) in [7, 11) is 0. The van der Waals surface area contributed by atoms with Gasteiger partial charge in [0.1, 0.15) is 5.69 Å². The van der Waals surface area contributed by atoms with Crippen molar-refractivity contribution in [3.8, 4) is 0 Å². The van der Waals surface area contributed by atoms with E-state index in [4.69, 9.17) is 5.11 Å². The van der Waals surface area contributed by atoms with E-state index in [1.54, 1.807) is 18.2 Å². The van der Waals surface area contributed by atoms with Gasteiger partial charge in [-0.25, -0.2) is 4.79 Å². The maximum absolute atomic E-state index is 10.9. The maximum atomic E-state index is 10.9. The van der Waals surface area contributed by atoms with Gasteiger partial charge in [0, 0.05) is 38.3 Å². The van der Waals surface area contributed by atoms with E-state index in [-0.39, 0.29) is 11.7 Å². The summed E-state index contributed by atoms with van der Waals surface area (Å²) in [5, 5.41) is 26.1. The molecule has 21 heavy (non-hydrogen) atoms. The highest BCUT2D eigenvalue weighted by Crippen LogP contribution is 2.23. The van der Waals surface area contributed by atoms with Gasteiger partial charge in [-0.1, -0.05) is 12.1 Å². The first kappa shape index (κ1) is 15.0. The number of piperazine rings is 1. The molecule has 1 heterocycles. The molecule has 0 spiro atoms. The van der Waals surface area contributed by atoms with Crippen molar-refractivity contribution in [2.75, 3.05) is 31.5 Å². The van der Waals surface area contributed by atoms with Crippen molar-refractivity contribution in [1.82, 2.24) is 10.2 Å². The third-order valence-electron chi connectivity index (χ3n) is 3.44. The van der Waals surface area contributed by atoms with Gasteiger partial charge in [-0.3, -0.25) is 10.1 Å². The Morgan fingerprint density at radius 2 is 2.29 bits per heavy atom. The predicted molar refractivity (Wildman–Crippen MR) is 77.6 cm³/mol. The van der Waals surface area contributed by atoms with Crippen LogP contribution in [0.1, 0.15) is 6.42 Å². The maximum Gasteiger partial charge on any atom is 0.407 e. The van der Waals surface area contributed by atoms with Crippen LogP contribution in [0.15, 0.2) is 24.3 Å². The van der Waals surface area contributed by atoms with Gasteiger partial charge in [-0.15, -0.1) is 0 Å². The van der Waals surface area contributed by atoms with Gasteiger partial charge < -0.3 is 20.6 Å². The summed E-state index contributed by atoms with van der Waals surface area (Å²) in [6, 6.07) is 6.53. The standard InChI is InChI=1S/C13H18N4O4/c18-13(19)16-8-7-14-10(9-16)5-6-15-11-3-1-2-4-12(11)17(20)21/h1-4,10,14-15H,5-9H2,(H,18,19)/t10-/m1/s1. The molecule has 0 saturated carbocycles. The summed E-state index contributed by atoms with van der Waals surface area (Å²) in [5.74, 6) is 0. The van der Waals surface area contributed by atoms with E-state index in [2.05, 4.69) is 10.6 Å². The van der Waals surface area contributed by atoms with Crippen LogP contribution < -0.4 is 10.6 Å². The monoisotopic (exact) mass is 294 g/mol. The first-order chi connectivity index (χ1) is 10.1. The summed E-state index contributed by atoms with van der Waals surface area (Å²) >= 11 is 0. The minimum absolute atomic E-state index is 0.0428. The van der Waals surface area contributed by atoms with Crippen LogP contribution in [-0.4, -0.2) is 53.2 Å². The van der Waals surface area contributed by atoms with Gasteiger partial charge in [0.25, 0.3) is 5.69 Å². The molecule has 1 saturated heterocycles. The summed E-state index contributed by atoms with van der Waals surface area (Å²) < 4.78 is 0. The quantitative estimate of drug-likeness (QED) is 0.559. The Morgan fingerprint density at radius 3 is 3.00 bits per heavy atom. The lowest BCUT2D eigenvalue weighted by atomic mass is 10.1. The molecule has 8 heteroatoms. The van der Waals surface area contributed by atoms with Crippen molar-refractivity contribution in [3.05, 3.63) is 34.4 Å². The molecule has 0 unspecified atom stereocenters. The lowest BCUT2D eigenvalue weighted by molar-refractivity contribution is -0.384.